The average molecular weight is 340 g/mol. The van der Waals surface area contributed by atoms with Gasteiger partial charge in [-0.15, -0.1) is 0 Å². The first-order valence-electron chi connectivity index (χ1n) is 7.52. The van der Waals surface area contributed by atoms with Crippen molar-refractivity contribution in [1.29, 1.82) is 0 Å². The van der Waals surface area contributed by atoms with Crippen LogP contribution in [0, 0.1) is 0 Å². The van der Waals surface area contributed by atoms with E-state index in [-0.39, 0.29) is 5.78 Å². The number of Topliss-reactive ketones (excluding diaryl/α,β-unsaturated/α-hetero) is 1. The number of hydrogen-bond acceptors (Lipinski definition) is 5. The molecule has 128 valence electrons. The molecule has 0 atom stereocenters. The van der Waals surface area contributed by atoms with Crippen LogP contribution < -0.4 is 4.72 Å². The molecule has 1 aliphatic rings. The topological polar surface area (TPSA) is 73.0 Å². The minimum absolute atomic E-state index is 0.0524. The van der Waals surface area contributed by atoms with Crippen LogP contribution in [0.2, 0.25) is 0 Å². The maximum atomic E-state index is 12.3. The Bertz CT molecular complexity index is 635. The van der Waals surface area contributed by atoms with E-state index in [1.165, 1.54) is 14.1 Å². The Morgan fingerprint density at radius 1 is 1.13 bits per heavy atom. The number of nitrogens with one attached hydrogen (secondary N) is 1. The Kier molecular flexibility index (Phi) is 5.74. The van der Waals surface area contributed by atoms with Gasteiger partial charge in [0.25, 0.3) is 0 Å². The summed E-state index contributed by atoms with van der Waals surface area (Å²) in [5.74, 6) is 0.0524. The van der Waals surface area contributed by atoms with Gasteiger partial charge in [-0.25, -0.2) is 0 Å². The highest BCUT2D eigenvalue weighted by Crippen LogP contribution is 2.13. The monoisotopic (exact) mass is 340 g/mol. The maximum absolute atomic E-state index is 12.3. The highest BCUT2D eigenvalue weighted by atomic mass is 32.2. The predicted octanol–water partition coefficient (Wildman–Crippen LogP) is 0.335. The van der Waals surface area contributed by atoms with Gasteiger partial charge in [0.15, 0.2) is 5.78 Å². The number of rotatable bonds is 6. The number of benzene rings is 1. The van der Waals surface area contributed by atoms with Gasteiger partial charge < -0.3 is 4.90 Å². The summed E-state index contributed by atoms with van der Waals surface area (Å²) >= 11 is 0. The third-order valence-corrected chi connectivity index (χ3v) is 5.35. The molecule has 0 amide bonds. The van der Waals surface area contributed by atoms with Crippen molar-refractivity contribution in [3.05, 3.63) is 29.8 Å². The van der Waals surface area contributed by atoms with Gasteiger partial charge in [-0.3, -0.25) is 14.4 Å². The van der Waals surface area contributed by atoms with Crippen LogP contribution in [0.3, 0.4) is 0 Å². The largest absolute Gasteiger partial charge is 0.304 e. The van der Waals surface area contributed by atoms with E-state index in [1.807, 2.05) is 0 Å². The van der Waals surface area contributed by atoms with Crippen molar-refractivity contribution >= 4 is 21.7 Å². The molecule has 0 spiro atoms. The van der Waals surface area contributed by atoms with Crippen molar-refractivity contribution in [2.45, 2.75) is 0 Å². The number of piperazine rings is 1. The third-order valence-electron chi connectivity index (χ3n) is 3.90. The van der Waals surface area contributed by atoms with E-state index in [2.05, 4.69) is 21.6 Å². The van der Waals surface area contributed by atoms with Crippen molar-refractivity contribution in [1.82, 2.24) is 14.1 Å². The molecule has 0 unspecified atom stereocenters. The molecule has 0 radical (unpaired) electrons. The lowest BCUT2D eigenvalue weighted by atomic mass is 10.1. The quantitative estimate of drug-likeness (QED) is 0.756. The van der Waals surface area contributed by atoms with E-state index in [9.17, 15) is 13.2 Å². The fourth-order valence-electron chi connectivity index (χ4n) is 2.26. The zero-order chi connectivity index (χ0) is 17.0. The number of carbonyl (C=O) groups is 1. The average Bonchev–Trinajstić information content (AvgIpc) is 2.49. The third kappa shape index (κ3) is 5.00. The molecule has 1 N–H and O–H groups in total. The van der Waals surface area contributed by atoms with Gasteiger partial charge in [-0.2, -0.15) is 12.7 Å². The molecule has 1 aromatic rings. The summed E-state index contributed by atoms with van der Waals surface area (Å²) in [5.41, 5.74) is 1.03. The number of nitrogens with zero attached hydrogens (tertiary/aromatic N) is 3. The zero-order valence-electron chi connectivity index (χ0n) is 13.8. The molecule has 7 nitrogen and oxygen atoms in total. The first-order valence-corrected chi connectivity index (χ1v) is 8.96. The molecular formula is C15H24N4O3S. The van der Waals surface area contributed by atoms with Crippen molar-refractivity contribution in [3.63, 3.8) is 0 Å². The van der Waals surface area contributed by atoms with Crippen molar-refractivity contribution in [3.8, 4) is 0 Å². The van der Waals surface area contributed by atoms with Crippen LogP contribution in [0.15, 0.2) is 24.3 Å². The Hall–Kier alpha value is -1.48. The van der Waals surface area contributed by atoms with Gasteiger partial charge in [-0.1, -0.05) is 0 Å². The smallest absolute Gasteiger partial charge is 0.301 e. The standard InChI is InChI=1S/C15H24N4O3S/c1-17(2)23(21,22)16-14-6-4-13(5-7-14)15(20)12-19-10-8-18(3)9-11-19/h4-7,16H,8-12H2,1-3H3. The van der Waals surface area contributed by atoms with E-state index in [4.69, 9.17) is 0 Å². The lowest BCUT2D eigenvalue weighted by molar-refractivity contribution is 0.0876. The van der Waals surface area contributed by atoms with Crippen LogP contribution in [0.4, 0.5) is 5.69 Å². The Morgan fingerprint density at radius 3 is 2.22 bits per heavy atom. The summed E-state index contributed by atoms with van der Waals surface area (Å²) in [7, 11) is 1.46. The van der Waals surface area contributed by atoms with Crippen LogP contribution in [0.5, 0.6) is 0 Å². The normalized spacial score (nSPS) is 17.4. The van der Waals surface area contributed by atoms with Crippen LogP contribution in [0.25, 0.3) is 0 Å². The van der Waals surface area contributed by atoms with Crippen molar-refractivity contribution in [2.24, 2.45) is 0 Å². The van der Waals surface area contributed by atoms with E-state index in [1.54, 1.807) is 24.3 Å². The number of hydrogen-bond donors (Lipinski definition) is 1. The Labute approximate surface area is 138 Å². The first kappa shape index (κ1) is 17.9. The lowest BCUT2D eigenvalue weighted by Crippen LogP contribution is -2.46. The fourth-order valence-corrected chi connectivity index (χ4v) is 2.88. The second kappa shape index (κ2) is 7.39. The molecule has 0 aliphatic carbocycles. The van der Waals surface area contributed by atoms with Gasteiger partial charge in [0, 0.05) is 51.5 Å². The zero-order valence-corrected chi connectivity index (χ0v) is 14.6. The molecule has 2 rings (SSSR count). The van der Waals surface area contributed by atoms with Gasteiger partial charge in [0.05, 0.1) is 6.54 Å². The number of anilines is 1. The molecule has 1 aliphatic heterocycles. The summed E-state index contributed by atoms with van der Waals surface area (Å²) in [6, 6.07) is 6.54. The summed E-state index contributed by atoms with van der Waals surface area (Å²) in [5, 5.41) is 0. The van der Waals surface area contributed by atoms with Gasteiger partial charge in [-0.05, 0) is 31.3 Å². The second-order valence-corrected chi connectivity index (χ2v) is 7.85. The van der Waals surface area contributed by atoms with Crippen molar-refractivity contribution in [2.75, 3.05) is 58.6 Å². The van der Waals surface area contributed by atoms with Gasteiger partial charge in [0.1, 0.15) is 0 Å². The van der Waals surface area contributed by atoms with Gasteiger partial charge in [0.2, 0.25) is 0 Å². The maximum Gasteiger partial charge on any atom is 0.301 e. The molecule has 1 saturated heterocycles. The molecular weight excluding hydrogens is 316 g/mol. The highest BCUT2D eigenvalue weighted by Gasteiger charge is 2.18. The summed E-state index contributed by atoms with van der Waals surface area (Å²) in [6.45, 7) is 4.12. The number of carbonyl (C=O) groups excluding carboxylic acids is 1. The summed E-state index contributed by atoms with van der Waals surface area (Å²) in [6.07, 6.45) is 0. The second-order valence-electron chi connectivity index (χ2n) is 5.97. The minimum atomic E-state index is -3.53. The number of likely N-dealkylation sites (N-methyl/N-ethyl adjacent to an activating group) is 1. The predicted molar refractivity (Wildman–Crippen MR) is 90.9 cm³/mol. The molecule has 0 bridgehead atoms. The lowest BCUT2D eigenvalue weighted by Gasteiger charge is -2.31. The minimum Gasteiger partial charge on any atom is -0.304 e. The Morgan fingerprint density at radius 2 is 1.70 bits per heavy atom. The summed E-state index contributed by atoms with van der Waals surface area (Å²) < 4.78 is 27.0. The van der Waals surface area contributed by atoms with E-state index < -0.39 is 10.2 Å². The molecule has 1 aromatic carbocycles. The van der Waals surface area contributed by atoms with Crippen molar-refractivity contribution < 1.29 is 13.2 Å². The molecule has 1 heterocycles. The van der Waals surface area contributed by atoms with Crippen LogP contribution in [-0.4, -0.2) is 82.2 Å². The molecule has 0 aromatic heterocycles. The highest BCUT2D eigenvalue weighted by molar-refractivity contribution is 7.90. The molecule has 0 saturated carbocycles. The molecule has 1 fully saturated rings. The SMILES string of the molecule is CN1CCN(CC(=O)c2ccc(NS(=O)(=O)N(C)C)cc2)CC1. The summed E-state index contributed by atoms with van der Waals surface area (Å²) in [4.78, 5) is 16.7. The van der Waals surface area contributed by atoms with E-state index in [0.29, 0.717) is 17.8 Å². The fraction of sp³-hybridized carbons (Fsp3) is 0.533. The van der Waals surface area contributed by atoms with Gasteiger partial charge >= 0.3 is 10.2 Å². The molecule has 8 heteroatoms. The van der Waals surface area contributed by atoms with E-state index >= 15 is 0 Å². The molecule has 23 heavy (non-hydrogen) atoms. The number of ketones is 1. The van der Waals surface area contributed by atoms with E-state index in [0.717, 1.165) is 30.5 Å². The van der Waals surface area contributed by atoms with Crippen LogP contribution >= 0.6 is 0 Å². The van der Waals surface area contributed by atoms with Crippen LogP contribution in [0.1, 0.15) is 10.4 Å². The first-order chi connectivity index (χ1) is 10.8. The van der Waals surface area contributed by atoms with Crippen LogP contribution in [-0.2, 0) is 10.2 Å². The Balaban J connectivity index is 1.95.